The van der Waals surface area contributed by atoms with E-state index in [-0.39, 0.29) is 0 Å². The van der Waals surface area contributed by atoms with Crippen molar-refractivity contribution in [1.82, 2.24) is 9.88 Å². The van der Waals surface area contributed by atoms with Crippen LogP contribution in [0.15, 0.2) is 30.3 Å². The van der Waals surface area contributed by atoms with Gasteiger partial charge in [-0.15, -0.1) is 0 Å². The van der Waals surface area contributed by atoms with Crippen LogP contribution in [0.3, 0.4) is 0 Å². The fourth-order valence-corrected chi connectivity index (χ4v) is 2.12. The molecule has 2 rings (SSSR count). The second kappa shape index (κ2) is 5.25. The first-order chi connectivity index (χ1) is 8.20. The predicted octanol–water partition coefficient (Wildman–Crippen LogP) is 1.93. The Morgan fingerprint density at radius 3 is 2.82 bits per heavy atom. The zero-order chi connectivity index (χ0) is 12.3. The highest BCUT2D eigenvalue weighted by Gasteiger charge is 2.05. The van der Waals surface area contributed by atoms with Crippen molar-refractivity contribution in [3.05, 3.63) is 41.6 Å². The number of aryl methyl sites for hydroxylation is 1. The summed E-state index contributed by atoms with van der Waals surface area (Å²) in [7, 11) is 2.09. The first-order valence-corrected chi connectivity index (χ1v) is 5.94. The van der Waals surface area contributed by atoms with Gasteiger partial charge in [0.15, 0.2) is 0 Å². The van der Waals surface area contributed by atoms with Crippen molar-refractivity contribution in [1.29, 1.82) is 0 Å². The van der Waals surface area contributed by atoms with Gasteiger partial charge < -0.3 is 10.6 Å². The molecule has 3 nitrogen and oxygen atoms in total. The lowest BCUT2D eigenvalue weighted by molar-refractivity contribution is 0.337. The number of benzene rings is 1. The second-order valence-corrected chi connectivity index (χ2v) is 4.47. The Kier molecular flexibility index (Phi) is 3.71. The van der Waals surface area contributed by atoms with E-state index in [0.717, 1.165) is 24.3 Å². The number of nitrogens with zero attached hydrogens (tertiary/aromatic N) is 2. The SMILES string of the molecule is Cc1cc(CN(C)CCN)c2ccccc2n1. The van der Waals surface area contributed by atoms with E-state index in [0.29, 0.717) is 6.54 Å². The minimum atomic E-state index is 0.693. The van der Waals surface area contributed by atoms with Crippen molar-refractivity contribution in [2.75, 3.05) is 20.1 Å². The molecule has 0 aliphatic rings. The third kappa shape index (κ3) is 2.81. The largest absolute Gasteiger partial charge is 0.329 e. The maximum absolute atomic E-state index is 5.57. The lowest BCUT2D eigenvalue weighted by Crippen LogP contribution is -2.25. The first-order valence-electron chi connectivity index (χ1n) is 5.94. The summed E-state index contributed by atoms with van der Waals surface area (Å²) in [6, 6.07) is 10.4. The molecule has 0 fully saturated rings. The van der Waals surface area contributed by atoms with E-state index in [9.17, 15) is 0 Å². The smallest absolute Gasteiger partial charge is 0.0708 e. The summed E-state index contributed by atoms with van der Waals surface area (Å²) in [5.74, 6) is 0. The highest BCUT2D eigenvalue weighted by Crippen LogP contribution is 2.19. The molecular weight excluding hydrogens is 210 g/mol. The van der Waals surface area contributed by atoms with Crippen LogP contribution in [0.4, 0.5) is 0 Å². The van der Waals surface area contributed by atoms with Crippen molar-refractivity contribution in [2.24, 2.45) is 5.73 Å². The molecule has 0 aliphatic heterocycles. The maximum atomic E-state index is 5.57. The average molecular weight is 229 g/mol. The Labute approximate surface area is 102 Å². The third-order valence-electron chi connectivity index (χ3n) is 2.88. The number of fused-ring (bicyclic) bond motifs is 1. The minimum Gasteiger partial charge on any atom is -0.329 e. The number of nitrogens with two attached hydrogens (primary N) is 1. The normalized spacial score (nSPS) is 11.3. The Morgan fingerprint density at radius 2 is 2.06 bits per heavy atom. The van der Waals surface area contributed by atoms with Gasteiger partial charge in [0.1, 0.15) is 0 Å². The van der Waals surface area contributed by atoms with Gasteiger partial charge >= 0.3 is 0 Å². The van der Waals surface area contributed by atoms with E-state index in [1.165, 1.54) is 10.9 Å². The fraction of sp³-hybridized carbons (Fsp3) is 0.357. The molecule has 1 heterocycles. The van der Waals surface area contributed by atoms with Gasteiger partial charge in [0.05, 0.1) is 5.52 Å². The van der Waals surface area contributed by atoms with E-state index in [1.807, 2.05) is 13.0 Å². The molecule has 0 saturated heterocycles. The molecule has 0 unspecified atom stereocenters. The molecule has 0 aliphatic carbocycles. The van der Waals surface area contributed by atoms with Crippen LogP contribution >= 0.6 is 0 Å². The summed E-state index contributed by atoms with van der Waals surface area (Å²) in [5, 5.41) is 1.24. The van der Waals surface area contributed by atoms with Crippen molar-refractivity contribution in [3.8, 4) is 0 Å². The zero-order valence-electron chi connectivity index (χ0n) is 10.5. The van der Waals surface area contributed by atoms with Crippen molar-refractivity contribution >= 4 is 10.9 Å². The molecule has 1 aromatic carbocycles. The standard InChI is InChI=1S/C14H19N3/c1-11-9-12(10-17(2)8-7-15)13-5-3-4-6-14(13)16-11/h3-6,9H,7-8,10,15H2,1-2H3. The molecule has 0 radical (unpaired) electrons. The van der Waals surface area contributed by atoms with E-state index < -0.39 is 0 Å². The van der Waals surface area contributed by atoms with Crippen LogP contribution in [0.2, 0.25) is 0 Å². The molecule has 1 aromatic heterocycles. The van der Waals surface area contributed by atoms with Gasteiger partial charge in [-0.3, -0.25) is 4.98 Å². The van der Waals surface area contributed by atoms with Crippen LogP contribution < -0.4 is 5.73 Å². The molecule has 17 heavy (non-hydrogen) atoms. The Morgan fingerprint density at radius 1 is 1.29 bits per heavy atom. The number of hydrogen-bond donors (Lipinski definition) is 1. The van der Waals surface area contributed by atoms with Crippen molar-refractivity contribution in [2.45, 2.75) is 13.5 Å². The average Bonchev–Trinajstić information content (AvgIpc) is 2.29. The molecule has 0 bridgehead atoms. The number of para-hydroxylation sites is 1. The quantitative estimate of drug-likeness (QED) is 0.871. The fourth-order valence-electron chi connectivity index (χ4n) is 2.12. The van der Waals surface area contributed by atoms with Gasteiger partial charge in [-0.2, -0.15) is 0 Å². The van der Waals surface area contributed by atoms with Crippen molar-refractivity contribution in [3.63, 3.8) is 0 Å². The van der Waals surface area contributed by atoms with E-state index >= 15 is 0 Å². The monoisotopic (exact) mass is 229 g/mol. The van der Waals surface area contributed by atoms with Crippen LogP contribution in [-0.4, -0.2) is 30.0 Å². The number of hydrogen-bond acceptors (Lipinski definition) is 3. The zero-order valence-corrected chi connectivity index (χ0v) is 10.5. The predicted molar refractivity (Wildman–Crippen MR) is 71.9 cm³/mol. The Balaban J connectivity index is 2.38. The summed E-state index contributed by atoms with van der Waals surface area (Å²) >= 11 is 0. The van der Waals surface area contributed by atoms with Gasteiger partial charge in [0, 0.05) is 30.7 Å². The van der Waals surface area contributed by atoms with Gasteiger partial charge in [0.2, 0.25) is 0 Å². The number of likely N-dealkylation sites (N-methyl/N-ethyl adjacent to an activating group) is 1. The van der Waals surface area contributed by atoms with Crippen LogP contribution in [0.25, 0.3) is 10.9 Å². The van der Waals surface area contributed by atoms with Crippen molar-refractivity contribution < 1.29 is 0 Å². The van der Waals surface area contributed by atoms with E-state index in [1.54, 1.807) is 0 Å². The van der Waals surface area contributed by atoms with Crippen LogP contribution in [0.5, 0.6) is 0 Å². The van der Waals surface area contributed by atoms with Crippen LogP contribution in [-0.2, 0) is 6.54 Å². The highest BCUT2D eigenvalue weighted by molar-refractivity contribution is 5.82. The van der Waals surface area contributed by atoms with Gasteiger partial charge in [-0.1, -0.05) is 18.2 Å². The lowest BCUT2D eigenvalue weighted by Gasteiger charge is -2.17. The molecule has 0 saturated carbocycles. The number of rotatable bonds is 4. The van der Waals surface area contributed by atoms with Crippen LogP contribution in [0.1, 0.15) is 11.3 Å². The maximum Gasteiger partial charge on any atom is 0.0708 e. The minimum absolute atomic E-state index is 0.693. The molecule has 0 spiro atoms. The summed E-state index contributed by atoms with van der Waals surface area (Å²) in [6.07, 6.45) is 0. The summed E-state index contributed by atoms with van der Waals surface area (Å²) < 4.78 is 0. The second-order valence-electron chi connectivity index (χ2n) is 4.47. The molecular formula is C14H19N3. The van der Waals surface area contributed by atoms with E-state index in [2.05, 4.69) is 41.2 Å². The van der Waals surface area contributed by atoms with E-state index in [4.69, 9.17) is 5.73 Å². The molecule has 90 valence electrons. The van der Waals surface area contributed by atoms with Gasteiger partial charge in [0.25, 0.3) is 0 Å². The molecule has 3 heteroatoms. The third-order valence-corrected chi connectivity index (χ3v) is 2.88. The molecule has 0 atom stereocenters. The Hall–Kier alpha value is -1.45. The molecule has 2 N–H and O–H groups in total. The highest BCUT2D eigenvalue weighted by atomic mass is 15.1. The summed E-state index contributed by atoms with van der Waals surface area (Å²) in [5.41, 5.74) is 9.04. The topological polar surface area (TPSA) is 42.1 Å². The van der Waals surface area contributed by atoms with Gasteiger partial charge in [-0.25, -0.2) is 0 Å². The summed E-state index contributed by atoms with van der Waals surface area (Å²) in [4.78, 5) is 6.78. The first kappa shape index (κ1) is 12.0. The molecule has 0 amide bonds. The molecule has 2 aromatic rings. The number of pyridine rings is 1. The number of aromatic nitrogens is 1. The van der Waals surface area contributed by atoms with Gasteiger partial charge in [-0.05, 0) is 31.7 Å². The summed E-state index contributed by atoms with van der Waals surface area (Å²) in [6.45, 7) is 4.56. The Bertz CT molecular complexity index is 508. The van der Waals surface area contributed by atoms with Crippen LogP contribution in [0, 0.1) is 6.92 Å². The lowest BCUT2D eigenvalue weighted by atomic mass is 10.1.